The summed E-state index contributed by atoms with van der Waals surface area (Å²) in [5, 5.41) is 1.31. The fourth-order valence-electron chi connectivity index (χ4n) is 1.91. The average molecular weight is 188 g/mol. The van der Waals surface area contributed by atoms with Crippen LogP contribution in [0.5, 0.6) is 0 Å². The van der Waals surface area contributed by atoms with Gasteiger partial charge in [0.2, 0.25) is 0 Å². The van der Waals surface area contributed by atoms with Crippen LogP contribution in [0, 0.1) is 0 Å². The molecule has 1 aromatic heterocycles. The molecular formula is C12H16N2. The monoisotopic (exact) mass is 188 g/mol. The van der Waals surface area contributed by atoms with Crippen molar-refractivity contribution in [2.45, 2.75) is 26.3 Å². The molecule has 0 aliphatic carbocycles. The number of hydrogen-bond acceptors (Lipinski definition) is 1. The molecule has 0 unspecified atom stereocenters. The van der Waals surface area contributed by atoms with E-state index in [9.17, 15) is 0 Å². The van der Waals surface area contributed by atoms with E-state index in [4.69, 9.17) is 5.73 Å². The molecule has 3 N–H and O–H groups in total. The SMILES string of the molecule is CC(C)c1c[nH]c2cccc(CN)c12. The third-order valence-corrected chi connectivity index (χ3v) is 2.66. The Morgan fingerprint density at radius 1 is 1.36 bits per heavy atom. The van der Waals surface area contributed by atoms with Crippen molar-refractivity contribution < 1.29 is 0 Å². The summed E-state index contributed by atoms with van der Waals surface area (Å²) in [5.74, 6) is 0.538. The van der Waals surface area contributed by atoms with Gasteiger partial charge in [-0.1, -0.05) is 26.0 Å². The largest absolute Gasteiger partial charge is 0.361 e. The fraction of sp³-hybridized carbons (Fsp3) is 0.333. The van der Waals surface area contributed by atoms with Crippen molar-refractivity contribution in [1.82, 2.24) is 4.98 Å². The lowest BCUT2D eigenvalue weighted by atomic mass is 9.99. The predicted molar refractivity (Wildman–Crippen MR) is 60.3 cm³/mol. The first-order valence-electron chi connectivity index (χ1n) is 5.03. The van der Waals surface area contributed by atoms with Crippen molar-refractivity contribution in [2.75, 3.05) is 0 Å². The topological polar surface area (TPSA) is 41.8 Å². The zero-order chi connectivity index (χ0) is 10.1. The standard InChI is InChI=1S/C12H16N2/c1-8(2)10-7-14-11-5-3-4-9(6-13)12(10)11/h3-5,7-8,14H,6,13H2,1-2H3. The van der Waals surface area contributed by atoms with Crippen LogP contribution in [-0.2, 0) is 6.54 Å². The molecule has 0 radical (unpaired) electrons. The highest BCUT2D eigenvalue weighted by Gasteiger charge is 2.09. The maximum absolute atomic E-state index is 5.73. The summed E-state index contributed by atoms with van der Waals surface area (Å²) >= 11 is 0. The van der Waals surface area contributed by atoms with E-state index in [1.165, 1.54) is 22.0 Å². The highest BCUT2D eigenvalue weighted by atomic mass is 14.7. The quantitative estimate of drug-likeness (QED) is 0.747. The minimum Gasteiger partial charge on any atom is -0.361 e. The predicted octanol–water partition coefficient (Wildman–Crippen LogP) is 2.75. The number of H-pyrrole nitrogens is 1. The number of hydrogen-bond donors (Lipinski definition) is 2. The molecule has 0 amide bonds. The van der Waals surface area contributed by atoms with Gasteiger partial charge in [0.15, 0.2) is 0 Å². The molecule has 0 spiro atoms. The summed E-state index contributed by atoms with van der Waals surface area (Å²) in [4.78, 5) is 3.29. The van der Waals surface area contributed by atoms with E-state index in [1.807, 2.05) is 6.07 Å². The summed E-state index contributed by atoms with van der Waals surface area (Å²) in [6, 6.07) is 6.24. The molecule has 1 heterocycles. The van der Waals surface area contributed by atoms with Crippen molar-refractivity contribution in [1.29, 1.82) is 0 Å². The first-order chi connectivity index (χ1) is 6.74. The van der Waals surface area contributed by atoms with Crippen LogP contribution in [0.2, 0.25) is 0 Å². The highest BCUT2D eigenvalue weighted by Crippen LogP contribution is 2.27. The van der Waals surface area contributed by atoms with Crippen LogP contribution in [-0.4, -0.2) is 4.98 Å². The number of benzene rings is 1. The lowest BCUT2D eigenvalue weighted by Crippen LogP contribution is -1.98. The maximum atomic E-state index is 5.73. The normalized spacial score (nSPS) is 11.4. The number of aromatic amines is 1. The molecule has 74 valence electrons. The van der Waals surface area contributed by atoms with Crippen molar-refractivity contribution in [3.05, 3.63) is 35.5 Å². The average Bonchev–Trinajstić information content (AvgIpc) is 2.60. The van der Waals surface area contributed by atoms with E-state index in [1.54, 1.807) is 0 Å². The Bertz CT molecular complexity index is 441. The Morgan fingerprint density at radius 3 is 2.79 bits per heavy atom. The molecule has 0 saturated heterocycles. The Labute approximate surface area is 84.1 Å². The van der Waals surface area contributed by atoms with Crippen molar-refractivity contribution in [3.63, 3.8) is 0 Å². The van der Waals surface area contributed by atoms with Crippen LogP contribution in [0.25, 0.3) is 10.9 Å². The second kappa shape index (κ2) is 3.46. The second-order valence-electron chi connectivity index (χ2n) is 3.94. The number of nitrogens with two attached hydrogens (primary N) is 1. The fourth-order valence-corrected chi connectivity index (χ4v) is 1.91. The molecule has 0 aliphatic rings. The Hall–Kier alpha value is -1.28. The zero-order valence-electron chi connectivity index (χ0n) is 8.67. The molecule has 0 saturated carbocycles. The third kappa shape index (κ3) is 1.32. The summed E-state index contributed by atoms with van der Waals surface area (Å²) in [6.45, 7) is 5.01. The molecule has 2 aromatic rings. The first kappa shape index (κ1) is 9.28. The summed E-state index contributed by atoms with van der Waals surface area (Å²) in [5.41, 5.74) is 9.51. The number of rotatable bonds is 2. The van der Waals surface area contributed by atoms with Crippen LogP contribution < -0.4 is 5.73 Å². The van der Waals surface area contributed by atoms with Gasteiger partial charge in [-0.3, -0.25) is 0 Å². The smallest absolute Gasteiger partial charge is 0.0460 e. The molecule has 14 heavy (non-hydrogen) atoms. The van der Waals surface area contributed by atoms with Gasteiger partial charge in [-0.25, -0.2) is 0 Å². The second-order valence-corrected chi connectivity index (χ2v) is 3.94. The van der Waals surface area contributed by atoms with Gasteiger partial charge in [-0.15, -0.1) is 0 Å². The van der Waals surface area contributed by atoms with E-state index in [2.05, 4.69) is 37.2 Å². The third-order valence-electron chi connectivity index (χ3n) is 2.66. The van der Waals surface area contributed by atoms with Crippen LogP contribution in [0.15, 0.2) is 24.4 Å². The molecule has 0 bridgehead atoms. The minimum atomic E-state index is 0.538. The van der Waals surface area contributed by atoms with Crippen LogP contribution in [0.4, 0.5) is 0 Å². The summed E-state index contributed by atoms with van der Waals surface area (Å²) in [7, 11) is 0. The van der Waals surface area contributed by atoms with Gasteiger partial charge in [0.1, 0.15) is 0 Å². The van der Waals surface area contributed by atoms with E-state index < -0.39 is 0 Å². The molecule has 2 nitrogen and oxygen atoms in total. The zero-order valence-corrected chi connectivity index (χ0v) is 8.67. The Kier molecular flexibility index (Phi) is 2.30. The van der Waals surface area contributed by atoms with Gasteiger partial charge in [0.05, 0.1) is 0 Å². The van der Waals surface area contributed by atoms with E-state index in [-0.39, 0.29) is 0 Å². The van der Waals surface area contributed by atoms with Gasteiger partial charge in [-0.2, -0.15) is 0 Å². The summed E-state index contributed by atoms with van der Waals surface area (Å²) in [6.07, 6.45) is 2.09. The van der Waals surface area contributed by atoms with E-state index in [0.717, 1.165) is 0 Å². The van der Waals surface area contributed by atoms with Crippen LogP contribution in [0.3, 0.4) is 0 Å². The Morgan fingerprint density at radius 2 is 2.14 bits per heavy atom. The molecule has 1 aromatic carbocycles. The van der Waals surface area contributed by atoms with Gasteiger partial charge >= 0.3 is 0 Å². The van der Waals surface area contributed by atoms with Crippen LogP contribution >= 0.6 is 0 Å². The molecule has 0 atom stereocenters. The minimum absolute atomic E-state index is 0.538. The van der Waals surface area contributed by atoms with Gasteiger partial charge < -0.3 is 10.7 Å². The van der Waals surface area contributed by atoms with Gasteiger partial charge in [0.25, 0.3) is 0 Å². The number of fused-ring (bicyclic) bond motifs is 1. The van der Waals surface area contributed by atoms with Gasteiger partial charge in [0, 0.05) is 23.6 Å². The molecule has 2 heteroatoms. The first-order valence-corrected chi connectivity index (χ1v) is 5.03. The number of nitrogens with one attached hydrogen (secondary N) is 1. The van der Waals surface area contributed by atoms with E-state index >= 15 is 0 Å². The highest BCUT2D eigenvalue weighted by molar-refractivity contribution is 5.87. The Balaban J connectivity index is 2.74. The lowest BCUT2D eigenvalue weighted by Gasteiger charge is -2.06. The van der Waals surface area contributed by atoms with Crippen LogP contribution in [0.1, 0.15) is 30.9 Å². The lowest BCUT2D eigenvalue weighted by molar-refractivity contribution is 0.873. The van der Waals surface area contributed by atoms with E-state index in [0.29, 0.717) is 12.5 Å². The molecule has 2 rings (SSSR count). The van der Waals surface area contributed by atoms with Crippen molar-refractivity contribution in [3.8, 4) is 0 Å². The number of aromatic nitrogens is 1. The molecule has 0 fully saturated rings. The molecule has 0 aliphatic heterocycles. The van der Waals surface area contributed by atoms with Gasteiger partial charge in [-0.05, 0) is 23.1 Å². The van der Waals surface area contributed by atoms with Crippen molar-refractivity contribution >= 4 is 10.9 Å². The maximum Gasteiger partial charge on any atom is 0.0460 e. The molecular weight excluding hydrogens is 172 g/mol. The van der Waals surface area contributed by atoms with Crippen molar-refractivity contribution in [2.24, 2.45) is 5.73 Å². The summed E-state index contributed by atoms with van der Waals surface area (Å²) < 4.78 is 0.